The van der Waals surface area contributed by atoms with E-state index in [2.05, 4.69) is 5.32 Å². The number of hydrogen-bond donors (Lipinski definition) is 2. The van der Waals surface area contributed by atoms with Crippen molar-refractivity contribution in [3.63, 3.8) is 0 Å². The average Bonchev–Trinajstić information content (AvgIpc) is 2.47. The molecule has 1 heterocycles. The van der Waals surface area contributed by atoms with E-state index < -0.39 is 15.9 Å². The number of carbonyl (C=O) groups is 1. The van der Waals surface area contributed by atoms with Crippen LogP contribution in [0.5, 0.6) is 0 Å². The van der Waals surface area contributed by atoms with Crippen LogP contribution in [0.25, 0.3) is 0 Å². The van der Waals surface area contributed by atoms with Crippen LogP contribution in [0.4, 0.5) is 0 Å². The summed E-state index contributed by atoms with van der Waals surface area (Å²) in [4.78, 5) is 11.2. The van der Waals surface area contributed by atoms with Gasteiger partial charge in [-0.15, -0.1) is 12.4 Å². The fourth-order valence-electron chi connectivity index (χ4n) is 2.32. The molecule has 1 fully saturated rings. The summed E-state index contributed by atoms with van der Waals surface area (Å²) in [5.74, 6) is -0.569. The minimum atomic E-state index is -3.53. The first kappa shape index (κ1) is 17.9. The Balaban J connectivity index is 0.00000220. The number of sulfonamides is 1. The molecule has 0 saturated carbocycles. The van der Waals surface area contributed by atoms with Crippen LogP contribution in [0.3, 0.4) is 0 Å². The van der Waals surface area contributed by atoms with Crippen LogP contribution in [0.15, 0.2) is 29.2 Å². The van der Waals surface area contributed by atoms with Crippen molar-refractivity contribution in [3.05, 3.63) is 29.8 Å². The van der Waals surface area contributed by atoms with Crippen molar-refractivity contribution in [2.75, 3.05) is 20.1 Å². The lowest BCUT2D eigenvalue weighted by molar-refractivity contribution is 0.1000. The number of nitrogens with two attached hydrogens (primary N) is 1. The molecule has 0 bridgehead atoms. The Morgan fingerprint density at radius 3 is 2.24 bits per heavy atom. The molecule has 118 valence electrons. The molecule has 8 heteroatoms. The van der Waals surface area contributed by atoms with Crippen molar-refractivity contribution in [2.45, 2.75) is 23.8 Å². The van der Waals surface area contributed by atoms with E-state index in [0.29, 0.717) is 5.56 Å². The van der Waals surface area contributed by atoms with Crippen LogP contribution in [0.2, 0.25) is 0 Å². The standard InChI is InChI=1S/C13H19N3O3S.ClH/c1-16(11-6-8-15-9-7-11)20(18,19)12-4-2-10(3-5-12)13(14)17;/h2-5,11,15H,6-9H2,1H3,(H2,14,17);1H. The third kappa shape index (κ3) is 3.94. The second-order valence-corrected chi connectivity index (χ2v) is 6.89. The lowest BCUT2D eigenvalue weighted by Crippen LogP contribution is -2.43. The van der Waals surface area contributed by atoms with Crippen molar-refractivity contribution in [2.24, 2.45) is 5.73 Å². The van der Waals surface area contributed by atoms with Gasteiger partial charge in [0.15, 0.2) is 0 Å². The molecule has 0 spiro atoms. The summed E-state index contributed by atoms with van der Waals surface area (Å²) in [6.45, 7) is 1.65. The van der Waals surface area contributed by atoms with Gasteiger partial charge in [-0.05, 0) is 50.2 Å². The fourth-order valence-corrected chi connectivity index (χ4v) is 3.74. The fraction of sp³-hybridized carbons (Fsp3) is 0.462. The molecule has 0 aromatic heterocycles. The SMILES string of the molecule is CN(C1CCNCC1)S(=O)(=O)c1ccc(C(N)=O)cc1.Cl. The minimum Gasteiger partial charge on any atom is -0.366 e. The highest BCUT2D eigenvalue weighted by molar-refractivity contribution is 7.89. The summed E-state index contributed by atoms with van der Waals surface area (Å²) >= 11 is 0. The summed E-state index contributed by atoms with van der Waals surface area (Å²) in [6, 6.07) is 5.73. The Morgan fingerprint density at radius 1 is 1.24 bits per heavy atom. The number of rotatable bonds is 4. The molecule has 0 radical (unpaired) electrons. The number of carbonyl (C=O) groups excluding carboxylic acids is 1. The van der Waals surface area contributed by atoms with E-state index >= 15 is 0 Å². The highest BCUT2D eigenvalue weighted by Gasteiger charge is 2.28. The van der Waals surface area contributed by atoms with Crippen molar-refractivity contribution in [1.29, 1.82) is 0 Å². The van der Waals surface area contributed by atoms with Gasteiger partial charge in [-0.25, -0.2) is 8.42 Å². The number of primary amides is 1. The first-order valence-electron chi connectivity index (χ1n) is 6.51. The second-order valence-electron chi connectivity index (χ2n) is 4.89. The molecule has 3 N–H and O–H groups in total. The number of piperidine rings is 1. The molecule has 0 unspecified atom stereocenters. The zero-order valence-electron chi connectivity index (χ0n) is 11.8. The maximum atomic E-state index is 12.5. The summed E-state index contributed by atoms with van der Waals surface area (Å²) in [7, 11) is -1.92. The number of halogens is 1. The molecule has 2 rings (SSSR count). The van der Waals surface area contributed by atoms with Crippen molar-refractivity contribution in [1.82, 2.24) is 9.62 Å². The minimum absolute atomic E-state index is 0. The van der Waals surface area contributed by atoms with Gasteiger partial charge in [0, 0.05) is 18.7 Å². The smallest absolute Gasteiger partial charge is 0.248 e. The van der Waals surface area contributed by atoms with E-state index in [-0.39, 0.29) is 23.3 Å². The molecule has 6 nitrogen and oxygen atoms in total. The van der Waals surface area contributed by atoms with E-state index in [0.717, 1.165) is 25.9 Å². The predicted molar refractivity (Wildman–Crippen MR) is 83.0 cm³/mol. The predicted octanol–water partition coefficient (Wildman–Crippen LogP) is 0.580. The Labute approximate surface area is 131 Å². The zero-order chi connectivity index (χ0) is 14.8. The number of benzene rings is 1. The Morgan fingerprint density at radius 2 is 1.76 bits per heavy atom. The number of amides is 1. The first-order valence-corrected chi connectivity index (χ1v) is 7.95. The third-order valence-electron chi connectivity index (χ3n) is 3.64. The van der Waals surface area contributed by atoms with Gasteiger partial charge in [0.05, 0.1) is 4.90 Å². The number of hydrogen-bond acceptors (Lipinski definition) is 4. The van der Waals surface area contributed by atoms with E-state index in [1.54, 1.807) is 7.05 Å². The zero-order valence-corrected chi connectivity index (χ0v) is 13.4. The Bertz CT molecular complexity index is 583. The molecule has 1 aliphatic rings. The highest BCUT2D eigenvalue weighted by atomic mass is 35.5. The lowest BCUT2D eigenvalue weighted by Gasteiger charge is -2.30. The highest BCUT2D eigenvalue weighted by Crippen LogP contribution is 2.21. The quantitative estimate of drug-likeness (QED) is 0.843. The van der Waals surface area contributed by atoms with Crippen molar-refractivity contribution >= 4 is 28.3 Å². The molecule has 1 saturated heterocycles. The van der Waals surface area contributed by atoms with E-state index in [9.17, 15) is 13.2 Å². The van der Waals surface area contributed by atoms with Crippen LogP contribution >= 0.6 is 12.4 Å². The molecule has 1 aliphatic heterocycles. The van der Waals surface area contributed by atoms with Gasteiger partial charge in [0.2, 0.25) is 15.9 Å². The van der Waals surface area contributed by atoms with Gasteiger partial charge in [-0.1, -0.05) is 0 Å². The van der Waals surface area contributed by atoms with E-state index in [1.165, 1.54) is 28.6 Å². The molecule has 0 aliphatic carbocycles. The van der Waals surface area contributed by atoms with Gasteiger partial charge < -0.3 is 11.1 Å². The van der Waals surface area contributed by atoms with Gasteiger partial charge in [0.1, 0.15) is 0 Å². The van der Waals surface area contributed by atoms with Gasteiger partial charge in [-0.2, -0.15) is 4.31 Å². The summed E-state index contributed by atoms with van der Waals surface area (Å²) in [6.07, 6.45) is 1.60. The van der Waals surface area contributed by atoms with Crippen LogP contribution in [0, 0.1) is 0 Å². The summed E-state index contributed by atoms with van der Waals surface area (Å²) in [5.41, 5.74) is 5.44. The normalized spacial score (nSPS) is 16.5. The van der Waals surface area contributed by atoms with E-state index in [4.69, 9.17) is 5.73 Å². The summed E-state index contributed by atoms with van der Waals surface area (Å²) in [5, 5.41) is 3.21. The molecule has 0 atom stereocenters. The molecule has 1 amide bonds. The molecular weight excluding hydrogens is 314 g/mol. The van der Waals surface area contributed by atoms with Crippen LogP contribution < -0.4 is 11.1 Å². The lowest BCUT2D eigenvalue weighted by atomic mass is 10.1. The third-order valence-corrected chi connectivity index (χ3v) is 5.56. The molecule has 1 aromatic rings. The molecule has 21 heavy (non-hydrogen) atoms. The van der Waals surface area contributed by atoms with Crippen LogP contribution in [-0.4, -0.2) is 44.8 Å². The molecular formula is C13H20ClN3O3S. The number of nitrogens with one attached hydrogen (secondary N) is 1. The first-order chi connectivity index (χ1) is 9.43. The number of nitrogens with zero attached hydrogens (tertiary/aromatic N) is 1. The topological polar surface area (TPSA) is 92.5 Å². The summed E-state index contributed by atoms with van der Waals surface area (Å²) < 4.78 is 26.4. The van der Waals surface area contributed by atoms with Gasteiger partial charge >= 0.3 is 0 Å². The van der Waals surface area contributed by atoms with Crippen molar-refractivity contribution in [3.8, 4) is 0 Å². The molecule has 1 aromatic carbocycles. The van der Waals surface area contributed by atoms with Crippen LogP contribution in [0.1, 0.15) is 23.2 Å². The maximum absolute atomic E-state index is 12.5. The Kier molecular flexibility index (Phi) is 6.15. The van der Waals surface area contributed by atoms with Gasteiger partial charge in [0.25, 0.3) is 0 Å². The second kappa shape index (κ2) is 7.22. The van der Waals surface area contributed by atoms with Crippen LogP contribution in [-0.2, 0) is 10.0 Å². The average molecular weight is 334 g/mol. The maximum Gasteiger partial charge on any atom is 0.248 e. The monoisotopic (exact) mass is 333 g/mol. The van der Waals surface area contributed by atoms with E-state index in [1.807, 2.05) is 0 Å². The van der Waals surface area contributed by atoms with Crippen molar-refractivity contribution < 1.29 is 13.2 Å². The van der Waals surface area contributed by atoms with Gasteiger partial charge in [-0.3, -0.25) is 4.79 Å². The largest absolute Gasteiger partial charge is 0.366 e. The Hall–Kier alpha value is -1.15.